The van der Waals surface area contributed by atoms with Gasteiger partial charge in [0.15, 0.2) is 16.6 Å². The van der Waals surface area contributed by atoms with Crippen molar-refractivity contribution in [2.45, 2.75) is 13.3 Å². The summed E-state index contributed by atoms with van der Waals surface area (Å²) in [4.78, 5) is 21.6. The van der Waals surface area contributed by atoms with Crippen LogP contribution < -0.4 is 14.8 Å². The number of ether oxygens (including phenoxy) is 2. The van der Waals surface area contributed by atoms with Crippen molar-refractivity contribution in [2.24, 2.45) is 0 Å². The van der Waals surface area contributed by atoms with Crippen LogP contribution in [-0.2, 0) is 11.2 Å². The molecule has 1 N–H and O–H groups in total. The van der Waals surface area contributed by atoms with E-state index in [0.29, 0.717) is 24.1 Å². The molecule has 0 fully saturated rings. The summed E-state index contributed by atoms with van der Waals surface area (Å²) in [7, 11) is 0. The average Bonchev–Trinajstić information content (AvgIpc) is 3.32. The molecule has 2 aromatic heterocycles. The molecule has 0 atom stereocenters. The standard InChI is InChI=1S/C21H17N3O3S2/c1-12-3-2-4-13(7-12)20-22-14(11-28-20)8-19(25)24-21-23-15-9-16-17(10-18(15)29-21)27-6-5-26-16/h2-4,7,9-11H,5-6,8H2,1H3,(H,23,24,25). The zero-order valence-electron chi connectivity index (χ0n) is 15.6. The molecule has 1 aliphatic rings. The summed E-state index contributed by atoms with van der Waals surface area (Å²) in [6.07, 6.45) is 0.209. The highest BCUT2D eigenvalue weighted by Crippen LogP contribution is 2.37. The van der Waals surface area contributed by atoms with Crippen LogP contribution in [0.3, 0.4) is 0 Å². The Morgan fingerprint density at radius 3 is 2.79 bits per heavy atom. The quantitative estimate of drug-likeness (QED) is 0.516. The van der Waals surface area contributed by atoms with Crippen LogP contribution in [0, 0.1) is 6.92 Å². The summed E-state index contributed by atoms with van der Waals surface area (Å²) < 4.78 is 12.1. The number of carbonyl (C=O) groups is 1. The fraction of sp³-hybridized carbons (Fsp3) is 0.190. The molecular weight excluding hydrogens is 406 g/mol. The molecule has 6 nitrogen and oxygen atoms in total. The van der Waals surface area contributed by atoms with Gasteiger partial charge in [0.05, 0.1) is 22.3 Å². The van der Waals surface area contributed by atoms with Crippen molar-refractivity contribution in [1.82, 2.24) is 9.97 Å². The van der Waals surface area contributed by atoms with Gasteiger partial charge in [-0.2, -0.15) is 0 Å². The Morgan fingerprint density at radius 2 is 1.97 bits per heavy atom. The number of nitrogens with zero attached hydrogens (tertiary/aromatic N) is 2. The molecule has 0 saturated carbocycles. The number of amides is 1. The molecule has 0 spiro atoms. The molecular formula is C21H17N3O3S2. The van der Waals surface area contributed by atoms with Gasteiger partial charge >= 0.3 is 0 Å². The van der Waals surface area contributed by atoms with Crippen LogP contribution in [0.4, 0.5) is 5.13 Å². The SMILES string of the molecule is Cc1cccc(-c2nc(CC(=O)Nc3nc4cc5c(cc4s3)OCCO5)cs2)c1. The second kappa shape index (κ2) is 7.46. The van der Waals surface area contributed by atoms with E-state index in [-0.39, 0.29) is 12.3 Å². The minimum atomic E-state index is -0.137. The minimum Gasteiger partial charge on any atom is -0.486 e. The summed E-state index contributed by atoms with van der Waals surface area (Å²) in [5.41, 5.74) is 3.79. The average molecular weight is 424 g/mol. The van der Waals surface area contributed by atoms with Crippen molar-refractivity contribution in [3.05, 3.63) is 53.0 Å². The number of nitrogens with one attached hydrogen (secondary N) is 1. The van der Waals surface area contributed by atoms with Crippen LogP contribution in [0.2, 0.25) is 0 Å². The van der Waals surface area contributed by atoms with Gasteiger partial charge in [0.1, 0.15) is 18.2 Å². The van der Waals surface area contributed by atoms with Crippen molar-refractivity contribution in [1.29, 1.82) is 0 Å². The van der Waals surface area contributed by atoms with E-state index in [1.165, 1.54) is 16.9 Å². The summed E-state index contributed by atoms with van der Waals surface area (Å²) in [5.74, 6) is 1.27. The maximum atomic E-state index is 12.5. The first kappa shape index (κ1) is 18.1. The highest BCUT2D eigenvalue weighted by molar-refractivity contribution is 7.22. The predicted molar refractivity (Wildman–Crippen MR) is 115 cm³/mol. The highest BCUT2D eigenvalue weighted by Gasteiger charge is 2.16. The molecule has 0 bridgehead atoms. The molecule has 0 aliphatic carbocycles. The number of thiazole rings is 2. The smallest absolute Gasteiger partial charge is 0.232 e. The molecule has 0 unspecified atom stereocenters. The van der Waals surface area contributed by atoms with E-state index in [1.807, 2.05) is 29.6 Å². The van der Waals surface area contributed by atoms with Crippen LogP contribution in [0.15, 0.2) is 41.8 Å². The number of hydrogen-bond donors (Lipinski definition) is 1. The molecule has 146 valence electrons. The molecule has 0 radical (unpaired) electrons. The van der Waals surface area contributed by atoms with Gasteiger partial charge in [-0.05, 0) is 13.0 Å². The van der Waals surface area contributed by atoms with Gasteiger partial charge in [-0.25, -0.2) is 9.97 Å². The van der Waals surface area contributed by atoms with E-state index < -0.39 is 0 Å². The molecule has 5 rings (SSSR count). The first-order valence-electron chi connectivity index (χ1n) is 9.15. The lowest BCUT2D eigenvalue weighted by Crippen LogP contribution is -2.15. The molecule has 4 aromatic rings. The maximum Gasteiger partial charge on any atom is 0.232 e. The number of aryl methyl sites for hydroxylation is 1. The second-order valence-electron chi connectivity index (χ2n) is 6.72. The van der Waals surface area contributed by atoms with E-state index in [1.54, 1.807) is 11.3 Å². The molecule has 2 aromatic carbocycles. The Labute approximate surface area is 175 Å². The third-order valence-electron chi connectivity index (χ3n) is 4.46. The number of benzene rings is 2. The van der Waals surface area contributed by atoms with Crippen molar-refractivity contribution in [2.75, 3.05) is 18.5 Å². The normalized spacial score (nSPS) is 12.9. The van der Waals surface area contributed by atoms with Crippen LogP contribution in [0.1, 0.15) is 11.3 Å². The summed E-state index contributed by atoms with van der Waals surface area (Å²) in [6.45, 7) is 3.13. The van der Waals surface area contributed by atoms with Gasteiger partial charge < -0.3 is 14.8 Å². The Morgan fingerprint density at radius 1 is 1.14 bits per heavy atom. The Bertz CT molecular complexity index is 1170. The zero-order chi connectivity index (χ0) is 19.8. The third-order valence-corrected chi connectivity index (χ3v) is 6.33. The Kier molecular flexibility index (Phi) is 4.65. The monoisotopic (exact) mass is 423 g/mol. The number of aromatic nitrogens is 2. The van der Waals surface area contributed by atoms with Gasteiger partial charge in [0, 0.05) is 23.1 Å². The first-order chi connectivity index (χ1) is 14.1. The molecule has 1 aliphatic heterocycles. The van der Waals surface area contributed by atoms with Gasteiger partial charge in [-0.3, -0.25) is 4.79 Å². The van der Waals surface area contributed by atoms with Gasteiger partial charge in [0.2, 0.25) is 5.91 Å². The lowest BCUT2D eigenvalue weighted by atomic mass is 10.1. The summed E-state index contributed by atoms with van der Waals surface area (Å²) in [5, 5.41) is 6.28. The van der Waals surface area contributed by atoms with E-state index in [2.05, 4.69) is 34.3 Å². The minimum absolute atomic E-state index is 0.137. The number of rotatable bonds is 4. The molecule has 1 amide bonds. The van der Waals surface area contributed by atoms with Crippen molar-refractivity contribution in [3.8, 4) is 22.1 Å². The van der Waals surface area contributed by atoms with Gasteiger partial charge in [-0.1, -0.05) is 35.1 Å². The van der Waals surface area contributed by atoms with E-state index in [9.17, 15) is 4.79 Å². The van der Waals surface area contributed by atoms with E-state index in [0.717, 1.165) is 32.2 Å². The number of carbonyl (C=O) groups excluding carboxylic acids is 1. The first-order valence-corrected chi connectivity index (χ1v) is 10.9. The number of hydrogen-bond acceptors (Lipinski definition) is 7. The van der Waals surface area contributed by atoms with Crippen LogP contribution in [0.5, 0.6) is 11.5 Å². The van der Waals surface area contributed by atoms with Gasteiger partial charge in [0.25, 0.3) is 0 Å². The Hall–Kier alpha value is -2.97. The van der Waals surface area contributed by atoms with Crippen molar-refractivity contribution in [3.63, 3.8) is 0 Å². The second-order valence-corrected chi connectivity index (χ2v) is 8.61. The fourth-order valence-electron chi connectivity index (χ4n) is 3.15. The Balaban J connectivity index is 1.29. The van der Waals surface area contributed by atoms with Gasteiger partial charge in [-0.15, -0.1) is 11.3 Å². The number of fused-ring (bicyclic) bond motifs is 2. The third kappa shape index (κ3) is 3.81. The van der Waals surface area contributed by atoms with Crippen LogP contribution >= 0.6 is 22.7 Å². The largest absolute Gasteiger partial charge is 0.486 e. The summed E-state index contributed by atoms with van der Waals surface area (Å²) >= 11 is 2.96. The maximum absolute atomic E-state index is 12.5. The molecule has 8 heteroatoms. The molecule has 3 heterocycles. The van der Waals surface area contributed by atoms with Crippen LogP contribution in [-0.4, -0.2) is 29.1 Å². The molecule has 0 saturated heterocycles. The lowest BCUT2D eigenvalue weighted by Gasteiger charge is -2.17. The summed E-state index contributed by atoms with van der Waals surface area (Å²) in [6, 6.07) is 12.0. The van der Waals surface area contributed by atoms with Crippen LogP contribution in [0.25, 0.3) is 20.8 Å². The zero-order valence-corrected chi connectivity index (χ0v) is 17.2. The predicted octanol–water partition coefficient (Wildman–Crippen LogP) is 4.68. The lowest BCUT2D eigenvalue weighted by molar-refractivity contribution is -0.115. The van der Waals surface area contributed by atoms with Crippen molar-refractivity contribution >= 4 is 43.9 Å². The number of anilines is 1. The fourth-order valence-corrected chi connectivity index (χ4v) is 4.85. The van der Waals surface area contributed by atoms with E-state index in [4.69, 9.17) is 9.47 Å². The van der Waals surface area contributed by atoms with Crippen molar-refractivity contribution < 1.29 is 14.3 Å². The van der Waals surface area contributed by atoms with E-state index >= 15 is 0 Å². The highest BCUT2D eigenvalue weighted by atomic mass is 32.1. The topological polar surface area (TPSA) is 73.3 Å². The molecule has 29 heavy (non-hydrogen) atoms.